The number of ether oxygens (including phenoxy) is 3. The van der Waals surface area contributed by atoms with Crippen molar-refractivity contribution in [3.8, 4) is 28.4 Å². The van der Waals surface area contributed by atoms with Crippen molar-refractivity contribution < 1.29 is 33.7 Å². The van der Waals surface area contributed by atoms with Crippen molar-refractivity contribution >= 4 is 41.6 Å². The fourth-order valence-corrected chi connectivity index (χ4v) is 8.70. The summed E-state index contributed by atoms with van der Waals surface area (Å²) in [6.45, 7) is 7.40. The number of carbonyl (C=O) groups is 3. The lowest BCUT2D eigenvalue weighted by Crippen LogP contribution is -2.59. The molecule has 324 valence electrons. The first-order chi connectivity index (χ1) is 29.9. The number of aromatic nitrogens is 1. The van der Waals surface area contributed by atoms with Crippen LogP contribution >= 0.6 is 23.2 Å². The molecule has 1 aliphatic carbocycles. The molecule has 11 nitrogen and oxygen atoms in total. The zero-order valence-electron chi connectivity index (χ0n) is 35.2. The van der Waals surface area contributed by atoms with E-state index in [2.05, 4.69) is 53.7 Å². The number of rotatable bonds is 10. The molecule has 3 N–H and O–H groups in total. The third kappa shape index (κ3) is 10.6. The number of aryl methyl sites for hydroxylation is 1. The second-order valence-electron chi connectivity index (χ2n) is 16.4. The van der Waals surface area contributed by atoms with E-state index in [0.29, 0.717) is 59.9 Å². The predicted octanol–water partition coefficient (Wildman–Crippen LogP) is 9.98. The number of carbonyl (C=O) groups excluding carboxylic acids is 2. The van der Waals surface area contributed by atoms with Gasteiger partial charge in [0.1, 0.15) is 25.0 Å². The van der Waals surface area contributed by atoms with Crippen LogP contribution in [0.4, 0.5) is 4.79 Å². The number of hydrogen-bond acceptors (Lipinski definition) is 7. The average molecular weight is 880 g/mol. The molecule has 2 aliphatic heterocycles. The van der Waals surface area contributed by atoms with Crippen molar-refractivity contribution in [1.82, 2.24) is 20.5 Å². The van der Waals surface area contributed by atoms with Crippen LogP contribution in [0.15, 0.2) is 91.1 Å². The lowest BCUT2D eigenvalue weighted by molar-refractivity contribution is -0.126. The summed E-state index contributed by atoms with van der Waals surface area (Å²) in [5, 5.41) is 14.4. The Bertz CT molecular complexity index is 2390. The highest BCUT2D eigenvalue weighted by Crippen LogP contribution is 2.41. The van der Waals surface area contributed by atoms with Crippen LogP contribution < -0.4 is 24.8 Å². The van der Waals surface area contributed by atoms with Gasteiger partial charge in [0.2, 0.25) is 5.91 Å². The maximum absolute atomic E-state index is 14.1. The molecular weight excluding hydrogens is 827 g/mol. The van der Waals surface area contributed by atoms with E-state index in [-0.39, 0.29) is 36.6 Å². The predicted molar refractivity (Wildman–Crippen MR) is 240 cm³/mol. The highest BCUT2D eigenvalue weighted by atomic mass is 35.5. The van der Waals surface area contributed by atoms with Gasteiger partial charge in [-0.05, 0) is 127 Å². The van der Waals surface area contributed by atoms with Gasteiger partial charge in [-0.25, -0.2) is 4.79 Å². The second kappa shape index (κ2) is 19.9. The van der Waals surface area contributed by atoms with Gasteiger partial charge in [0.25, 0.3) is 6.47 Å². The summed E-state index contributed by atoms with van der Waals surface area (Å²) in [5.74, 6) is 1.79. The van der Waals surface area contributed by atoms with Crippen LogP contribution in [0.25, 0.3) is 11.1 Å². The fourth-order valence-electron chi connectivity index (χ4n) is 8.38. The summed E-state index contributed by atoms with van der Waals surface area (Å²) in [7, 11) is 0. The molecule has 1 aromatic heterocycles. The lowest BCUT2D eigenvalue weighted by Gasteiger charge is -2.41. The SMILES string of the molecule is Cc1nccc(-c2ccc(CCNC(=O)C3Cc4cc5c(cc4CN3C(=O)NC3(C)CCCCC3)OC(c3ccc(OCc4ccc(Cl)c(Cl)c4)cc3)CO5)cc2)c1C.O=CO. The zero-order valence-corrected chi connectivity index (χ0v) is 36.7. The smallest absolute Gasteiger partial charge is 0.318 e. The van der Waals surface area contributed by atoms with Gasteiger partial charge in [0.05, 0.1) is 10.0 Å². The van der Waals surface area contributed by atoms with Crippen molar-refractivity contribution in [2.24, 2.45) is 0 Å². The van der Waals surface area contributed by atoms with E-state index in [1.807, 2.05) is 61.7 Å². The van der Waals surface area contributed by atoms with E-state index in [4.69, 9.17) is 47.3 Å². The van der Waals surface area contributed by atoms with Crippen LogP contribution in [0, 0.1) is 13.8 Å². The molecule has 0 saturated heterocycles. The molecule has 2 atom stereocenters. The summed E-state index contributed by atoms with van der Waals surface area (Å²) < 4.78 is 18.8. The van der Waals surface area contributed by atoms with E-state index < -0.39 is 6.04 Å². The monoisotopic (exact) mass is 878 g/mol. The number of amides is 3. The number of nitrogens with zero attached hydrogens (tertiary/aromatic N) is 2. The molecule has 1 saturated carbocycles. The number of halogens is 2. The highest BCUT2D eigenvalue weighted by molar-refractivity contribution is 6.42. The first-order valence-corrected chi connectivity index (χ1v) is 21.8. The normalized spacial score (nSPS) is 17.4. The van der Waals surface area contributed by atoms with Crippen molar-refractivity contribution in [3.05, 3.63) is 140 Å². The number of benzene rings is 4. The minimum Gasteiger partial charge on any atom is -0.489 e. The van der Waals surface area contributed by atoms with E-state index in [1.165, 1.54) is 17.5 Å². The van der Waals surface area contributed by atoms with Crippen molar-refractivity contribution in [2.75, 3.05) is 13.2 Å². The molecule has 13 heteroatoms. The topological polar surface area (TPSA) is 139 Å². The van der Waals surface area contributed by atoms with Gasteiger partial charge in [0.15, 0.2) is 17.6 Å². The Morgan fingerprint density at radius 2 is 1.63 bits per heavy atom. The van der Waals surface area contributed by atoms with Crippen molar-refractivity contribution in [1.29, 1.82) is 0 Å². The molecule has 3 amide bonds. The summed E-state index contributed by atoms with van der Waals surface area (Å²) >= 11 is 12.2. The van der Waals surface area contributed by atoms with Crippen LogP contribution in [0.1, 0.15) is 84.2 Å². The molecule has 3 heterocycles. The minimum atomic E-state index is -0.678. The summed E-state index contributed by atoms with van der Waals surface area (Å²) in [6.07, 6.45) is 7.71. The van der Waals surface area contributed by atoms with E-state index in [0.717, 1.165) is 64.8 Å². The van der Waals surface area contributed by atoms with Crippen molar-refractivity contribution in [2.45, 2.75) is 96.6 Å². The maximum Gasteiger partial charge on any atom is 0.318 e. The van der Waals surface area contributed by atoms with Gasteiger partial charge in [-0.3, -0.25) is 14.6 Å². The van der Waals surface area contributed by atoms with Gasteiger partial charge >= 0.3 is 6.03 Å². The quantitative estimate of drug-likeness (QED) is 0.118. The number of fused-ring (bicyclic) bond motifs is 2. The Balaban J connectivity index is 0.00000187. The van der Waals surface area contributed by atoms with Crippen LogP contribution in [0.5, 0.6) is 17.2 Å². The Morgan fingerprint density at radius 1 is 0.919 bits per heavy atom. The largest absolute Gasteiger partial charge is 0.489 e. The first kappa shape index (κ1) is 44.3. The maximum atomic E-state index is 14.1. The van der Waals surface area contributed by atoms with Crippen LogP contribution in [-0.4, -0.2) is 58.1 Å². The Hall–Kier alpha value is -5.78. The minimum absolute atomic E-state index is 0.168. The molecule has 0 radical (unpaired) electrons. The molecule has 0 spiro atoms. The summed E-state index contributed by atoms with van der Waals surface area (Å²) in [6, 6.07) is 26.8. The number of hydrogen-bond donors (Lipinski definition) is 3. The fraction of sp³-hybridized carbons (Fsp3) is 0.347. The molecular formula is C49H52Cl2N4O7. The molecule has 5 aromatic rings. The van der Waals surface area contributed by atoms with Crippen molar-refractivity contribution in [3.63, 3.8) is 0 Å². The third-order valence-corrected chi connectivity index (χ3v) is 12.8. The van der Waals surface area contributed by atoms with Gasteiger partial charge in [-0.15, -0.1) is 0 Å². The number of pyridine rings is 1. The molecule has 62 heavy (non-hydrogen) atoms. The summed E-state index contributed by atoms with van der Waals surface area (Å²) in [4.78, 5) is 42.6. The molecule has 3 aliphatic rings. The second-order valence-corrected chi connectivity index (χ2v) is 17.2. The van der Waals surface area contributed by atoms with Crippen LogP contribution in [0.3, 0.4) is 0 Å². The van der Waals surface area contributed by atoms with Gasteiger partial charge in [-0.1, -0.05) is 84.9 Å². The van der Waals surface area contributed by atoms with Gasteiger partial charge in [0, 0.05) is 36.9 Å². The number of carboxylic acid groups (broad SMARTS) is 1. The number of nitrogens with one attached hydrogen (secondary N) is 2. The molecule has 0 bridgehead atoms. The van der Waals surface area contributed by atoms with Crippen LogP contribution in [0.2, 0.25) is 10.0 Å². The molecule has 4 aromatic carbocycles. The average Bonchev–Trinajstić information content (AvgIpc) is 3.27. The van der Waals surface area contributed by atoms with E-state index >= 15 is 0 Å². The standard InChI is InChI=1S/C48H50Cl2N4O5.CH2O2/c1-30-31(2)51-22-18-39(30)34-10-7-32(8-11-34)17-21-52-46(55)42-24-36-25-43-44(26-37(36)27-54(42)47(56)53-48(3)19-5-4-6-20-48)59-45(29-58-43)35-12-14-38(15-13-35)57-28-33-9-16-40(49)41(50)23-33;2-1-3/h7-16,18,22-23,25-26,42,45H,4-6,17,19-21,24,27-29H2,1-3H3,(H,52,55)(H,53,56);1H,(H,2,3). The van der Waals surface area contributed by atoms with Crippen LogP contribution in [-0.2, 0) is 35.6 Å². The molecule has 8 rings (SSSR count). The summed E-state index contributed by atoms with van der Waals surface area (Å²) in [5.41, 5.74) is 9.09. The van der Waals surface area contributed by atoms with Gasteiger partial charge < -0.3 is 34.9 Å². The molecule has 2 unspecified atom stereocenters. The van der Waals surface area contributed by atoms with Gasteiger partial charge in [-0.2, -0.15) is 0 Å². The number of urea groups is 1. The first-order valence-electron chi connectivity index (χ1n) is 21.0. The molecule has 1 fully saturated rings. The third-order valence-electron chi connectivity index (χ3n) is 12.1. The van der Waals surface area contributed by atoms with E-state index in [9.17, 15) is 9.59 Å². The Morgan fingerprint density at radius 3 is 2.35 bits per heavy atom. The Kier molecular flexibility index (Phi) is 14.2. The highest BCUT2D eigenvalue weighted by Gasteiger charge is 2.39. The lowest BCUT2D eigenvalue weighted by atomic mass is 9.83. The van der Waals surface area contributed by atoms with E-state index in [1.54, 1.807) is 17.0 Å². The zero-order chi connectivity index (χ0) is 43.8. The Labute approximate surface area is 372 Å².